The lowest BCUT2D eigenvalue weighted by atomic mass is 9.71. The van der Waals surface area contributed by atoms with E-state index in [0.29, 0.717) is 11.9 Å². The Hall–Kier alpha value is -1.02. The van der Waals surface area contributed by atoms with Gasteiger partial charge in [-0.05, 0) is 48.8 Å². The van der Waals surface area contributed by atoms with Gasteiger partial charge in [-0.15, -0.1) is 0 Å². The number of allylic oxidation sites excluding steroid dienone is 1. The molecule has 78 valence electrons. The van der Waals surface area contributed by atoms with Gasteiger partial charge in [0.1, 0.15) is 5.76 Å². The van der Waals surface area contributed by atoms with E-state index in [1.807, 2.05) is 12.2 Å². The number of aliphatic hydroxyl groups excluding tert-OH is 1. The van der Waals surface area contributed by atoms with E-state index in [9.17, 15) is 5.11 Å². The van der Waals surface area contributed by atoms with E-state index < -0.39 is 0 Å². The molecule has 15 heavy (non-hydrogen) atoms. The van der Waals surface area contributed by atoms with Crippen LogP contribution in [0, 0.1) is 5.92 Å². The zero-order valence-corrected chi connectivity index (χ0v) is 8.57. The van der Waals surface area contributed by atoms with Crippen LogP contribution in [0.5, 0.6) is 0 Å². The third kappa shape index (κ3) is 0.888. The van der Waals surface area contributed by atoms with Crippen molar-refractivity contribution in [3.8, 4) is 0 Å². The van der Waals surface area contributed by atoms with Gasteiger partial charge in [-0.2, -0.15) is 0 Å². The predicted octanol–water partition coefficient (Wildman–Crippen LogP) is 2.64. The minimum atomic E-state index is 0.137. The van der Waals surface area contributed by atoms with Gasteiger partial charge in [-0.25, -0.2) is 0 Å². The summed E-state index contributed by atoms with van der Waals surface area (Å²) in [5, 5.41) is 9.90. The lowest BCUT2D eigenvalue weighted by Crippen LogP contribution is -2.37. The maximum atomic E-state index is 9.90. The van der Waals surface area contributed by atoms with Gasteiger partial charge in [-0.1, -0.05) is 6.08 Å². The fourth-order valence-electron chi connectivity index (χ4n) is 3.57. The minimum absolute atomic E-state index is 0.137. The van der Waals surface area contributed by atoms with Gasteiger partial charge in [-0.3, -0.25) is 0 Å². The second-order valence-corrected chi connectivity index (χ2v) is 4.96. The van der Waals surface area contributed by atoms with Crippen molar-refractivity contribution in [3.05, 3.63) is 34.6 Å². The van der Waals surface area contributed by atoms with Gasteiger partial charge in [0.25, 0.3) is 0 Å². The van der Waals surface area contributed by atoms with E-state index in [1.54, 1.807) is 0 Å². The van der Waals surface area contributed by atoms with Gasteiger partial charge < -0.3 is 9.84 Å². The minimum Gasteiger partial charge on any atom is -0.508 e. The summed E-state index contributed by atoms with van der Waals surface area (Å²) in [5.41, 5.74) is 4.05. The molecule has 0 aromatic carbocycles. The van der Waals surface area contributed by atoms with Crippen molar-refractivity contribution >= 4 is 0 Å². The molecule has 3 aliphatic carbocycles. The molecule has 3 unspecified atom stereocenters. The highest BCUT2D eigenvalue weighted by Crippen LogP contribution is 2.55. The number of rotatable bonds is 0. The number of aliphatic hydroxyl groups is 1. The molecule has 0 saturated heterocycles. The lowest BCUT2D eigenvalue weighted by Gasteiger charge is -2.42. The van der Waals surface area contributed by atoms with Crippen molar-refractivity contribution in [2.75, 3.05) is 0 Å². The average Bonchev–Trinajstić information content (AvgIpc) is 2.53. The molecule has 2 nitrogen and oxygen atoms in total. The van der Waals surface area contributed by atoms with Crippen LogP contribution in [0.4, 0.5) is 0 Å². The van der Waals surface area contributed by atoms with Crippen LogP contribution in [0.15, 0.2) is 34.6 Å². The molecule has 0 aromatic heterocycles. The quantitative estimate of drug-likeness (QED) is 0.654. The number of ether oxygens (including phenoxy) is 1. The molecule has 4 aliphatic rings. The molecule has 4 rings (SSSR count). The van der Waals surface area contributed by atoms with Crippen LogP contribution in [0.3, 0.4) is 0 Å². The Labute approximate surface area is 88.9 Å². The third-order valence-electron chi connectivity index (χ3n) is 4.24. The molecule has 0 radical (unpaired) electrons. The fraction of sp³-hybridized carbons (Fsp3) is 0.538. The highest BCUT2D eigenvalue weighted by atomic mass is 16.5. The van der Waals surface area contributed by atoms with E-state index in [0.717, 1.165) is 17.9 Å². The smallest absolute Gasteiger partial charge is 0.121 e. The normalized spacial score (nSPS) is 41.5. The van der Waals surface area contributed by atoms with Crippen molar-refractivity contribution in [3.63, 3.8) is 0 Å². The Balaban J connectivity index is 1.90. The van der Waals surface area contributed by atoms with Crippen LogP contribution in [0.1, 0.15) is 25.7 Å². The van der Waals surface area contributed by atoms with Crippen LogP contribution < -0.4 is 0 Å². The monoisotopic (exact) mass is 202 g/mol. The van der Waals surface area contributed by atoms with E-state index in [2.05, 4.69) is 0 Å². The van der Waals surface area contributed by atoms with Gasteiger partial charge >= 0.3 is 0 Å². The molecular formula is C13H14O2. The van der Waals surface area contributed by atoms with Crippen molar-refractivity contribution in [2.24, 2.45) is 5.92 Å². The maximum absolute atomic E-state index is 9.90. The molecule has 3 atom stereocenters. The van der Waals surface area contributed by atoms with Crippen LogP contribution in [-0.4, -0.2) is 17.3 Å². The summed E-state index contributed by atoms with van der Waals surface area (Å²) in [6.07, 6.45) is 8.95. The zero-order chi connectivity index (χ0) is 9.99. The topological polar surface area (TPSA) is 29.5 Å². The Morgan fingerprint density at radius 2 is 2.20 bits per heavy atom. The highest BCUT2D eigenvalue weighted by Gasteiger charge is 2.48. The number of hydrogen-bond acceptors (Lipinski definition) is 2. The molecule has 0 bridgehead atoms. The highest BCUT2D eigenvalue weighted by molar-refractivity contribution is 5.54. The van der Waals surface area contributed by atoms with E-state index in [1.165, 1.54) is 30.4 Å². The first kappa shape index (κ1) is 8.17. The lowest BCUT2D eigenvalue weighted by molar-refractivity contribution is 0.0188. The van der Waals surface area contributed by atoms with Gasteiger partial charge in [0.2, 0.25) is 0 Å². The Kier molecular flexibility index (Phi) is 1.39. The van der Waals surface area contributed by atoms with Crippen molar-refractivity contribution in [1.82, 2.24) is 0 Å². The van der Waals surface area contributed by atoms with Crippen LogP contribution in [-0.2, 0) is 4.74 Å². The van der Waals surface area contributed by atoms with Crippen molar-refractivity contribution in [1.29, 1.82) is 0 Å². The summed E-state index contributed by atoms with van der Waals surface area (Å²) in [7, 11) is 0. The maximum Gasteiger partial charge on any atom is 0.121 e. The van der Waals surface area contributed by atoms with Gasteiger partial charge in [0, 0.05) is 5.57 Å². The number of hydrogen-bond donors (Lipinski definition) is 1. The van der Waals surface area contributed by atoms with E-state index >= 15 is 0 Å². The predicted molar refractivity (Wildman–Crippen MR) is 56.4 cm³/mol. The molecule has 1 heterocycles. The molecule has 1 N–H and O–H groups in total. The van der Waals surface area contributed by atoms with Crippen LogP contribution >= 0.6 is 0 Å². The first-order chi connectivity index (χ1) is 7.34. The number of fused-ring (bicyclic) bond motifs is 2. The first-order valence-corrected chi connectivity index (χ1v) is 5.83. The van der Waals surface area contributed by atoms with E-state index in [4.69, 9.17) is 4.74 Å². The molecule has 0 aromatic rings. The second-order valence-electron chi connectivity index (χ2n) is 4.96. The molecule has 2 heteroatoms. The summed E-state index contributed by atoms with van der Waals surface area (Å²) >= 11 is 0. The Bertz CT molecular complexity index is 428. The summed E-state index contributed by atoms with van der Waals surface area (Å²) in [6.45, 7) is 0. The van der Waals surface area contributed by atoms with Crippen molar-refractivity contribution < 1.29 is 9.84 Å². The molecule has 0 spiro atoms. The SMILES string of the molecule is OC1=C2C3=C4C(CCC4OC2CC=C1)C3. The Morgan fingerprint density at radius 1 is 1.27 bits per heavy atom. The molecule has 1 fully saturated rings. The Morgan fingerprint density at radius 3 is 3.13 bits per heavy atom. The summed E-state index contributed by atoms with van der Waals surface area (Å²) in [6, 6.07) is 0. The molecule has 1 aliphatic heterocycles. The summed E-state index contributed by atoms with van der Waals surface area (Å²) in [4.78, 5) is 0. The largest absolute Gasteiger partial charge is 0.508 e. The summed E-state index contributed by atoms with van der Waals surface area (Å²) < 4.78 is 6.06. The standard InChI is InChI=1S/C13H14O2/c14-9-2-1-3-10-13(9)8-6-7-4-5-11(15-10)12(7)8/h1-2,7,10-11,14H,3-6H2. The van der Waals surface area contributed by atoms with E-state index in [-0.39, 0.29) is 6.10 Å². The molecular weight excluding hydrogens is 188 g/mol. The average molecular weight is 202 g/mol. The summed E-state index contributed by atoms with van der Waals surface area (Å²) in [5.74, 6) is 1.22. The van der Waals surface area contributed by atoms with Crippen molar-refractivity contribution in [2.45, 2.75) is 37.9 Å². The zero-order valence-electron chi connectivity index (χ0n) is 8.57. The van der Waals surface area contributed by atoms with Gasteiger partial charge in [0.05, 0.1) is 12.2 Å². The molecule has 0 amide bonds. The molecule has 1 saturated carbocycles. The fourth-order valence-corrected chi connectivity index (χ4v) is 3.57. The van der Waals surface area contributed by atoms with Crippen LogP contribution in [0.25, 0.3) is 0 Å². The van der Waals surface area contributed by atoms with Gasteiger partial charge in [0.15, 0.2) is 0 Å². The van der Waals surface area contributed by atoms with Crippen LogP contribution in [0.2, 0.25) is 0 Å². The third-order valence-corrected chi connectivity index (χ3v) is 4.24. The second kappa shape index (κ2) is 2.56. The first-order valence-electron chi connectivity index (χ1n) is 5.83.